The van der Waals surface area contributed by atoms with Crippen molar-refractivity contribution in [3.63, 3.8) is 0 Å². The van der Waals surface area contributed by atoms with E-state index in [1.54, 1.807) is 6.07 Å². The van der Waals surface area contributed by atoms with Crippen molar-refractivity contribution in [3.8, 4) is 0 Å². The third-order valence-electron chi connectivity index (χ3n) is 3.25. The van der Waals surface area contributed by atoms with E-state index in [0.717, 1.165) is 17.0 Å². The van der Waals surface area contributed by atoms with Gasteiger partial charge >= 0.3 is 0 Å². The molecule has 1 unspecified atom stereocenters. The lowest BCUT2D eigenvalue weighted by Crippen LogP contribution is -2.20. The molecule has 0 radical (unpaired) electrons. The average molecular weight is 329 g/mol. The molecule has 0 saturated carbocycles. The van der Waals surface area contributed by atoms with Gasteiger partial charge in [0, 0.05) is 17.6 Å². The average Bonchev–Trinajstić information content (AvgIpc) is 2.45. The van der Waals surface area contributed by atoms with Gasteiger partial charge in [-0.25, -0.2) is 0 Å². The highest BCUT2D eigenvalue weighted by molar-refractivity contribution is 6.42. The predicted molar refractivity (Wildman–Crippen MR) is 87.8 cm³/mol. The molecule has 2 aromatic rings. The van der Waals surface area contributed by atoms with Crippen LogP contribution in [0.3, 0.4) is 0 Å². The molecule has 0 aromatic heterocycles. The molecule has 0 aliphatic rings. The minimum atomic E-state index is 0.266. The molecule has 0 fully saturated rings. The third kappa shape index (κ3) is 3.89. The molecular weight excluding hydrogens is 313 g/mol. The van der Waals surface area contributed by atoms with Crippen molar-refractivity contribution in [1.29, 1.82) is 0 Å². The lowest BCUT2D eigenvalue weighted by atomic mass is 10.0. The summed E-state index contributed by atoms with van der Waals surface area (Å²) in [6, 6.07) is 13.9. The Morgan fingerprint density at radius 1 is 1.00 bits per heavy atom. The summed E-state index contributed by atoms with van der Waals surface area (Å²) < 4.78 is 0. The highest BCUT2D eigenvalue weighted by Crippen LogP contribution is 2.26. The summed E-state index contributed by atoms with van der Waals surface area (Å²) in [5, 5.41) is 5.46. The van der Waals surface area contributed by atoms with E-state index in [2.05, 4.69) is 12.2 Å². The van der Waals surface area contributed by atoms with Gasteiger partial charge in [-0.3, -0.25) is 0 Å². The van der Waals surface area contributed by atoms with Gasteiger partial charge in [-0.15, -0.1) is 0 Å². The van der Waals surface area contributed by atoms with Crippen LogP contribution in [0.1, 0.15) is 30.5 Å². The van der Waals surface area contributed by atoms with Crippen LogP contribution in [0.15, 0.2) is 42.5 Å². The molecule has 0 aliphatic heterocycles. The Labute approximate surface area is 134 Å². The van der Waals surface area contributed by atoms with Crippen LogP contribution >= 0.6 is 34.8 Å². The number of rotatable bonds is 5. The van der Waals surface area contributed by atoms with E-state index in [1.807, 2.05) is 36.4 Å². The summed E-state index contributed by atoms with van der Waals surface area (Å²) in [4.78, 5) is 0. The van der Waals surface area contributed by atoms with Gasteiger partial charge in [-0.05, 0) is 35.7 Å². The molecule has 0 saturated heterocycles. The van der Waals surface area contributed by atoms with Crippen molar-refractivity contribution in [2.24, 2.45) is 0 Å². The molecule has 0 heterocycles. The SMILES string of the molecule is CCC(NCc1cccc(Cl)c1Cl)c1ccc(Cl)cc1. The second kappa shape index (κ2) is 7.33. The maximum absolute atomic E-state index is 6.20. The first-order valence-corrected chi connectivity index (χ1v) is 7.67. The normalized spacial score (nSPS) is 12.4. The minimum absolute atomic E-state index is 0.266. The van der Waals surface area contributed by atoms with Crippen molar-refractivity contribution in [2.75, 3.05) is 0 Å². The monoisotopic (exact) mass is 327 g/mol. The Morgan fingerprint density at radius 2 is 1.70 bits per heavy atom. The van der Waals surface area contributed by atoms with E-state index in [4.69, 9.17) is 34.8 Å². The van der Waals surface area contributed by atoms with Crippen molar-refractivity contribution >= 4 is 34.8 Å². The highest BCUT2D eigenvalue weighted by atomic mass is 35.5. The van der Waals surface area contributed by atoms with Crippen molar-refractivity contribution in [2.45, 2.75) is 25.9 Å². The Balaban J connectivity index is 2.07. The van der Waals surface area contributed by atoms with E-state index in [-0.39, 0.29) is 6.04 Å². The van der Waals surface area contributed by atoms with Gasteiger partial charge in [0.15, 0.2) is 0 Å². The molecule has 1 N–H and O–H groups in total. The van der Waals surface area contributed by atoms with Crippen LogP contribution in [0.5, 0.6) is 0 Å². The van der Waals surface area contributed by atoms with Gasteiger partial charge in [-0.1, -0.05) is 66.0 Å². The highest BCUT2D eigenvalue weighted by Gasteiger charge is 2.10. The van der Waals surface area contributed by atoms with E-state index >= 15 is 0 Å². The number of hydrogen-bond donors (Lipinski definition) is 1. The zero-order valence-electron chi connectivity index (χ0n) is 11.2. The van der Waals surface area contributed by atoms with Crippen LogP contribution in [0, 0.1) is 0 Å². The van der Waals surface area contributed by atoms with Gasteiger partial charge in [0.2, 0.25) is 0 Å². The van der Waals surface area contributed by atoms with E-state index in [9.17, 15) is 0 Å². The van der Waals surface area contributed by atoms with Crippen LogP contribution in [0.4, 0.5) is 0 Å². The first kappa shape index (κ1) is 15.7. The molecule has 0 aliphatic carbocycles. The standard InChI is InChI=1S/C16H16Cl3N/c1-2-15(11-6-8-13(17)9-7-11)20-10-12-4-3-5-14(18)16(12)19/h3-9,15,20H,2,10H2,1H3. The van der Waals surface area contributed by atoms with E-state index in [1.165, 1.54) is 5.56 Å². The molecule has 106 valence electrons. The molecule has 0 amide bonds. The van der Waals surface area contributed by atoms with Gasteiger partial charge in [0.05, 0.1) is 10.0 Å². The van der Waals surface area contributed by atoms with Crippen LogP contribution in [0.2, 0.25) is 15.1 Å². The van der Waals surface area contributed by atoms with Crippen molar-refractivity contribution < 1.29 is 0 Å². The fourth-order valence-corrected chi connectivity index (χ4v) is 2.62. The summed E-state index contributed by atoms with van der Waals surface area (Å²) in [5.74, 6) is 0. The molecule has 1 nitrogen and oxygen atoms in total. The lowest BCUT2D eigenvalue weighted by Gasteiger charge is -2.18. The first-order valence-electron chi connectivity index (χ1n) is 6.53. The van der Waals surface area contributed by atoms with E-state index in [0.29, 0.717) is 16.6 Å². The maximum atomic E-state index is 6.20. The molecule has 0 spiro atoms. The number of benzene rings is 2. The van der Waals surface area contributed by atoms with E-state index < -0.39 is 0 Å². The summed E-state index contributed by atoms with van der Waals surface area (Å²) in [7, 11) is 0. The minimum Gasteiger partial charge on any atom is -0.306 e. The van der Waals surface area contributed by atoms with Crippen LogP contribution in [-0.4, -0.2) is 0 Å². The van der Waals surface area contributed by atoms with Crippen molar-refractivity contribution in [1.82, 2.24) is 5.32 Å². The van der Waals surface area contributed by atoms with Crippen molar-refractivity contribution in [3.05, 3.63) is 68.7 Å². The van der Waals surface area contributed by atoms with Gasteiger partial charge in [0.25, 0.3) is 0 Å². The summed E-state index contributed by atoms with van der Waals surface area (Å²) in [6.07, 6.45) is 0.986. The van der Waals surface area contributed by atoms with Crippen LogP contribution in [-0.2, 0) is 6.54 Å². The molecule has 1 atom stereocenters. The Bertz CT molecular complexity index is 566. The molecule has 2 rings (SSSR count). The molecular formula is C16H16Cl3N. The fourth-order valence-electron chi connectivity index (χ4n) is 2.11. The molecule has 2 aromatic carbocycles. The zero-order chi connectivity index (χ0) is 14.5. The number of halogens is 3. The number of nitrogens with one attached hydrogen (secondary N) is 1. The summed E-state index contributed by atoms with van der Waals surface area (Å²) >= 11 is 18.1. The summed E-state index contributed by atoms with van der Waals surface area (Å²) in [6.45, 7) is 2.83. The van der Waals surface area contributed by atoms with Gasteiger partial charge < -0.3 is 5.32 Å². The molecule has 4 heteroatoms. The van der Waals surface area contributed by atoms with Crippen LogP contribution in [0.25, 0.3) is 0 Å². The zero-order valence-corrected chi connectivity index (χ0v) is 13.4. The second-order valence-corrected chi connectivity index (χ2v) is 5.83. The second-order valence-electron chi connectivity index (χ2n) is 4.61. The molecule has 0 bridgehead atoms. The Kier molecular flexibility index (Phi) is 5.74. The Morgan fingerprint density at radius 3 is 2.35 bits per heavy atom. The van der Waals surface area contributed by atoms with Crippen LogP contribution < -0.4 is 5.32 Å². The quantitative estimate of drug-likeness (QED) is 0.722. The van der Waals surface area contributed by atoms with Gasteiger partial charge in [0.1, 0.15) is 0 Å². The molecule has 20 heavy (non-hydrogen) atoms. The van der Waals surface area contributed by atoms with Gasteiger partial charge in [-0.2, -0.15) is 0 Å². The maximum Gasteiger partial charge on any atom is 0.0637 e. The number of hydrogen-bond acceptors (Lipinski definition) is 1. The smallest absolute Gasteiger partial charge is 0.0637 e. The predicted octanol–water partition coefficient (Wildman–Crippen LogP) is 5.89. The fraction of sp³-hybridized carbons (Fsp3) is 0.250. The summed E-state index contributed by atoms with van der Waals surface area (Å²) in [5.41, 5.74) is 2.22. The Hall–Kier alpha value is -0.730. The lowest BCUT2D eigenvalue weighted by molar-refractivity contribution is 0.519. The first-order chi connectivity index (χ1) is 9.61. The third-order valence-corrected chi connectivity index (χ3v) is 4.36. The largest absolute Gasteiger partial charge is 0.306 e. The topological polar surface area (TPSA) is 12.0 Å².